The van der Waals surface area contributed by atoms with Gasteiger partial charge in [-0.1, -0.05) is 49.2 Å². The largest absolute Gasteiger partial charge is 0.385 e. The fourth-order valence-electron chi connectivity index (χ4n) is 2.97. The highest BCUT2D eigenvalue weighted by atomic mass is 35.5. The molecule has 2 unspecified atom stereocenters. The van der Waals surface area contributed by atoms with Gasteiger partial charge < -0.3 is 5.11 Å². The van der Waals surface area contributed by atoms with Crippen LogP contribution in [0.5, 0.6) is 0 Å². The third kappa shape index (κ3) is 2.68. The molecular formula is C15H20Cl2O. The molecule has 2 rings (SSSR count). The topological polar surface area (TPSA) is 20.2 Å². The molecule has 1 aliphatic carbocycles. The van der Waals surface area contributed by atoms with E-state index in [1.54, 1.807) is 6.07 Å². The van der Waals surface area contributed by atoms with Crippen LogP contribution in [0, 0.1) is 11.8 Å². The fourth-order valence-corrected chi connectivity index (χ4v) is 3.45. The summed E-state index contributed by atoms with van der Waals surface area (Å²) in [5.41, 5.74) is -0.0168. The van der Waals surface area contributed by atoms with Crippen LogP contribution < -0.4 is 0 Å². The zero-order chi connectivity index (χ0) is 13.3. The number of aliphatic hydroxyl groups is 1. The van der Waals surface area contributed by atoms with Crippen molar-refractivity contribution in [3.63, 3.8) is 0 Å². The molecule has 1 aromatic carbocycles. The van der Waals surface area contributed by atoms with Gasteiger partial charge in [0.15, 0.2) is 0 Å². The lowest BCUT2D eigenvalue weighted by molar-refractivity contribution is -0.0294. The predicted molar refractivity (Wildman–Crippen MR) is 77.2 cm³/mol. The van der Waals surface area contributed by atoms with Crippen molar-refractivity contribution in [3.05, 3.63) is 33.8 Å². The number of benzene rings is 1. The summed E-state index contributed by atoms with van der Waals surface area (Å²) in [6.07, 6.45) is 3.79. The first-order chi connectivity index (χ1) is 8.44. The quantitative estimate of drug-likeness (QED) is 0.809. The monoisotopic (exact) mass is 286 g/mol. The first kappa shape index (κ1) is 14.2. The molecule has 1 nitrogen and oxygen atoms in total. The average Bonchev–Trinajstić information content (AvgIpc) is 2.32. The summed E-state index contributed by atoms with van der Waals surface area (Å²) in [7, 11) is 0. The molecule has 0 aromatic heterocycles. The summed E-state index contributed by atoms with van der Waals surface area (Å²) in [5.74, 6) is 1.15. The molecule has 3 heteroatoms. The average molecular weight is 287 g/mol. The van der Waals surface area contributed by atoms with E-state index in [9.17, 15) is 5.11 Å². The summed E-state index contributed by atoms with van der Waals surface area (Å²) >= 11 is 12.3. The molecule has 0 aliphatic heterocycles. The van der Waals surface area contributed by atoms with Crippen molar-refractivity contribution >= 4 is 23.2 Å². The molecular weight excluding hydrogens is 267 g/mol. The number of halogens is 2. The SMILES string of the molecule is CC(C)C1CCCC(O)(c2cccc(Cl)c2Cl)C1. The fraction of sp³-hybridized carbons (Fsp3) is 0.600. The molecule has 100 valence electrons. The van der Waals surface area contributed by atoms with E-state index in [1.165, 1.54) is 6.42 Å². The zero-order valence-electron chi connectivity index (χ0n) is 10.9. The Morgan fingerprint density at radius 3 is 2.72 bits per heavy atom. The molecule has 1 fully saturated rings. The van der Waals surface area contributed by atoms with E-state index in [-0.39, 0.29) is 0 Å². The van der Waals surface area contributed by atoms with Crippen LogP contribution in [0.1, 0.15) is 45.1 Å². The zero-order valence-corrected chi connectivity index (χ0v) is 12.4. The molecule has 0 radical (unpaired) electrons. The first-order valence-electron chi connectivity index (χ1n) is 6.61. The smallest absolute Gasteiger partial charge is 0.0914 e. The summed E-state index contributed by atoms with van der Waals surface area (Å²) < 4.78 is 0. The number of hydrogen-bond acceptors (Lipinski definition) is 1. The maximum Gasteiger partial charge on any atom is 0.0914 e. The lowest BCUT2D eigenvalue weighted by Gasteiger charge is -2.39. The molecule has 0 saturated heterocycles. The highest BCUT2D eigenvalue weighted by Gasteiger charge is 2.38. The van der Waals surface area contributed by atoms with Crippen LogP contribution in [0.15, 0.2) is 18.2 Å². The molecule has 2 atom stereocenters. The van der Waals surface area contributed by atoms with Crippen molar-refractivity contribution in [1.82, 2.24) is 0 Å². The Bertz CT molecular complexity index is 431. The van der Waals surface area contributed by atoms with Crippen molar-refractivity contribution in [2.24, 2.45) is 11.8 Å². The second kappa shape index (κ2) is 5.40. The molecule has 0 bridgehead atoms. The van der Waals surface area contributed by atoms with Crippen LogP contribution >= 0.6 is 23.2 Å². The van der Waals surface area contributed by atoms with Crippen LogP contribution in [0.25, 0.3) is 0 Å². The van der Waals surface area contributed by atoms with E-state index in [0.717, 1.165) is 24.8 Å². The minimum absolute atomic E-state index is 0.506. The standard InChI is InChI=1S/C15H20Cl2O/c1-10(2)11-5-4-8-15(18,9-11)12-6-3-7-13(16)14(12)17/h3,6-7,10-11,18H,4-5,8-9H2,1-2H3. The Morgan fingerprint density at radius 2 is 2.06 bits per heavy atom. The van der Waals surface area contributed by atoms with Gasteiger partial charge in [0.25, 0.3) is 0 Å². The van der Waals surface area contributed by atoms with Crippen molar-refractivity contribution in [2.45, 2.75) is 45.1 Å². The van der Waals surface area contributed by atoms with Crippen LogP contribution in [0.2, 0.25) is 10.0 Å². The van der Waals surface area contributed by atoms with Crippen LogP contribution in [0.4, 0.5) is 0 Å². The summed E-state index contributed by atoms with van der Waals surface area (Å²) in [4.78, 5) is 0. The van der Waals surface area contributed by atoms with Crippen molar-refractivity contribution in [1.29, 1.82) is 0 Å². The normalized spacial score (nSPS) is 28.7. The highest BCUT2D eigenvalue weighted by Crippen LogP contribution is 2.45. The number of hydrogen-bond donors (Lipinski definition) is 1. The van der Waals surface area contributed by atoms with Gasteiger partial charge in [0.1, 0.15) is 0 Å². The minimum Gasteiger partial charge on any atom is -0.385 e. The van der Waals surface area contributed by atoms with Crippen molar-refractivity contribution < 1.29 is 5.11 Å². The molecule has 1 N–H and O–H groups in total. The molecule has 18 heavy (non-hydrogen) atoms. The van der Waals surface area contributed by atoms with Gasteiger partial charge in [-0.15, -0.1) is 0 Å². The molecule has 0 amide bonds. The van der Waals surface area contributed by atoms with E-state index < -0.39 is 5.60 Å². The second-order valence-electron chi connectivity index (χ2n) is 5.73. The van der Waals surface area contributed by atoms with E-state index in [0.29, 0.717) is 21.9 Å². The van der Waals surface area contributed by atoms with Gasteiger partial charge in [-0.2, -0.15) is 0 Å². The maximum atomic E-state index is 10.9. The predicted octanol–water partition coefficient (Wildman–Crippen LogP) is 5.03. The Hall–Kier alpha value is -0.240. The van der Waals surface area contributed by atoms with E-state index in [1.807, 2.05) is 12.1 Å². The third-order valence-corrected chi connectivity index (χ3v) is 4.98. The van der Waals surface area contributed by atoms with E-state index in [2.05, 4.69) is 13.8 Å². The van der Waals surface area contributed by atoms with Gasteiger partial charge in [-0.05, 0) is 43.6 Å². The second-order valence-corrected chi connectivity index (χ2v) is 6.52. The maximum absolute atomic E-state index is 10.9. The lowest BCUT2D eigenvalue weighted by atomic mass is 9.71. The van der Waals surface area contributed by atoms with Gasteiger partial charge in [0.05, 0.1) is 15.6 Å². The first-order valence-corrected chi connectivity index (χ1v) is 7.36. The lowest BCUT2D eigenvalue weighted by Crippen LogP contribution is -2.34. The van der Waals surface area contributed by atoms with Crippen LogP contribution in [-0.2, 0) is 5.60 Å². The van der Waals surface area contributed by atoms with Gasteiger partial charge in [0, 0.05) is 5.56 Å². The summed E-state index contributed by atoms with van der Waals surface area (Å²) in [6.45, 7) is 4.44. The molecule has 1 saturated carbocycles. The summed E-state index contributed by atoms with van der Waals surface area (Å²) in [6, 6.07) is 5.52. The summed E-state index contributed by atoms with van der Waals surface area (Å²) in [5, 5.41) is 12.0. The van der Waals surface area contributed by atoms with E-state index >= 15 is 0 Å². The van der Waals surface area contributed by atoms with Crippen molar-refractivity contribution in [2.75, 3.05) is 0 Å². The minimum atomic E-state index is -0.810. The van der Waals surface area contributed by atoms with Crippen LogP contribution in [0.3, 0.4) is 0 Å². The Kier molecular flexibility index (Phi) is 4.25. The Balaban J connectivity index is 2.33. The van der Waals surface area contributed by atoms with Crippen LogP contribution in [-0.4, -0.2) is 5.11 Å². The molecule has 0 heterocycles. The van der Waals surface area contributed by atoms with Crippen molar-refractivity contribution in [3.8, 4) is 0 Å². The molecule has 1 aromatic rings. The number of rotatable bonds is 2. The molecule has 1 aliphatic rings. The van der Waals surface area contributed by atoms with Gasteiger partial charge in [-0.25, -0.2) is 0 Å². The van der Waals surface area contributed by atoms with E-state index in [4.69, 9.17) is 23.2 Å². The Labute approximate surface area is 119 Å². The van der Waals surface area contributed by atoms with Gasteiger partial charge in [0.2, 0.25) is 0 Å². The third-order valence-electron chi connectivity index (χ3n) is 4.16. The van der Waals surface area contributed by atoms with Gasteiger partial charge >= 0.3 is 0 Å². The van der Waals surface area contributed by atoms with Gasteiger partial charge in [-0.3, -0.25) is 0 Å². The molecule has 0 spiro atoms. The Morgan fingerprint density at radius 1 is 1.33 bits per heavy atom. The highest BCUT2D eigenvalue weighted by molar-refractivity contribution is 6.42.